The van der Waals surface area contributed by atoms with Crippen LogP contribution in [0.1, 0.15) is 50.1 Å². The molecule has 1 aromatic carbocycles. The van der Waals surface area contributed by atoms with Gasteiger partial charge in [-0.3, -0.25) is 9.89 Å². The number of ether oxygens (including phenoxy) is 1. The summed E-state index contributed by atoms with van der Waals surface area (Å²) in [6.45, 7) is 0. The highest BCUT2D eigenvalue weighted by Crippen LogP contribution is 2.35. The molecule has 6 heteroatoms. The number of nitrogens with zero attached hydrogens (tertiary/aromatic N) is 1. The Labute approximate surface area is 151 Å². The molecule has 2 N–H and O–H groups in total. The van der Waals surface area contributed by atoms with Crippen LogP contribution in [0.5, 0.6) is 5.75 Å². The molecule has 1 aromatic heterocycles. The standard InChI is InChI=1S/C19H23N3O2S/c23-19(16-12-25-17-10-6-5-9-15(17)24-16)20-18-11-14(21-22-18)13-7-3-1-2-4-8-13/h5-6,9-11,13,16H,1-4,7-8,12H2,(H2,20,21,22,23). The highest BCUT2D eigenvalue weighted by Gasteiger charge is 2.27. The number of anilines is 1. The largest absolute Gasteiger partial charge is 0.479 e. The van der Waals surface area contributed by atoms with E-state index < -0.39 is 6.10 Å². The molecule has 1 fully saturated rings. The number of benzene rings is 1. The Morgan fingerprint density at radius 1 is 1.20 bits per heavy atom. The molecule has 25 heavy (non-hydrogen) atoms. The van der Waals surface area contributed by atoms with E-state index in [-0.39, 0.29) is 5.91 Å². The SMILES string of the molecule is O=C(Nc1cc(C2CCCCCC2)[nH]n1)C1CSc2ccccc2O1. The van der Waals surface area contributed by atoms with Crippen LogP contribution in [0.15, 0.2) is 35.2 Å². The van der Waals surface area contributed by atoms with Crippen molar-refractivity contribution in [1.29, 1.82) is 0 Å². The van der Waals surface area contributed by atoms with E-state index in [4.69, 9.17) is 4.74 Å². The zero-order chi connectivity index (χ0) is 17.1. The number of fused-ring (bicyclic) bond motifs is 1. The minimum Gasteiger partial charge on any atom is -0.479 e. The van der Waals surface area contributed by atoms with Crippen molar-refractivity contribution in [2.45, 2.75) is 55.4 Å². The Morgan fingerprint density at radius 2 is 2.00 bits per heavy atom. The first-order valence-corrected chi connectivity index (χ1v) is 10.0. The fourth-order valence-corrected chi connectivity index (χ4v) is 4.54. The summed E-state index contributed by atoms with van der Waals surface area (Å²) < 4.78 is 5.83. The normalized spacial score (nSPS) is 21.0. The zero-order valence-corrected chi connectivity index (χ0v) is 15.0. The van der Waals surface area contributed by atoms with E-state index >= 15 is 0 Å². The van der Waals surface area contributed by atoms with Gasteiger partial charge in [0.1, 0.15) is 5.75 Å². The number of carbonyl (C=O) groups excluding carboxylic acids is 1. The lowest BCUT2D eigenvalue weighted by Gasteiger charge is -2.24. The molecule has 1 aliphatic carbocycles. The Morgan fingerprint density at radius 3 is 2.84 bits per heavy atom. The summed E-state index contributed by atoms with van der Waals surface area (Å²) in [5.74, 6) is 2.38. The van der Waals surface area contributed by atoms with Gasteiger partial charge in [0.2, 0.25) is 0 Å². The van der Waals surface area contributed by atoms with Gasteiger partial charge in [-0.1, -0.05) is 37.8 Å². The van der Waals surface area contributed by atoms with E-state index in [1.54, 1.807) is 11.8 Å². The van der Waals surface area contributed by atoms with E-state index in [2.05, 4.69) is 15.5 Å². The monoisotopic (exact) mass is 357 g/mol. The molecule has 0 spiro atoms. The quantitative estimate of drug-likeness (QED) is 0.802. The highest BCUT2D eigenvalue weighted by atomic mass is 32.2. The van der Waals surface area contributed by atoms with Gasteiger partial charge in [0.15, 0.2) is 11.9 Å². The molecule has 5 nitrogen and oxygen atoms in total. The number of aromatic amines is 1. The van der Waals surface area contributed by atoms with Gasteiger partial charge in [-0.2, -0.15) is 5.10 Å². The summed E-state index contributed by atoms with van der Waals surface area (Å²) in [5, 5.41) is 10.3. The molecule has 2 aliphatic rings. The third-order valence-corrected chi connectivity index (χ3v) is 6.06. The van der Waals surface area contributed by atoms with Gasteiger partial charge in [-0.05, 0) is 25.0 Å². The predicted molar refractivity (Wildman–Crippen MR) is 99.2 cm³/mol. The third kappa shape index (κ3) is 3.84. The van der Waals surface area contributed by atoms with Crippen LogP contribution < -0.4 is 10.1 Å². The topological polar surface area (TPSA) is 67.0 Å². The minimum atomic E-state index is -0.488. The third-order valence-electron chi connectivity index (χ3n) is 4.94. The lowest BCUT2D eigenvalue weighted by molar-refractivity contribution is -0.122. The molecule has 1 saturated carbocycles. The van der Waals surface area contributed by atoms with Crippen molar-refractivity contribution >= 4 is 23.5 Å². The second-order valence-electron chi connectivity index (χ2n) is 6.75. The fourth-order valence-electron chi connectivity index (χ4n) is 3.56. The molecule has 132 valence electrons. The first kappa shape index (κ1) is 16.5. The Balaban J connectivity index is 1.38. The summed E-state index contributed by atoms with van der Waals surface area (Å²) >= 11 is 1.65. The summed E-state index contributed by atoms with van der Waals surface area (Å²) in [4.78, 5) is 13.6. The summed E-state index contributed by atoms with van der Waals surface area (Å²) in [6, 6.07) is 9.81. The molecule has 0 radical (unpaired) electrons. The van der Waals surface area contributed by atoms with Crippen molar-refractivity contribution in [1.82, 2.24) is 10.2 Å². The van der Waals surface area contributed by atoms with E-state index in [0.29, 0.717) is 17.5 Å². The molecule has 0 bridgehead atoms. The lowest BCUT2D eigenvalue weighted by atomic mass is 9.97. The van der Waals surface area contributed by atoms with Gasteiger partial charge in [0.25, 0.3) is 5.91 Å². The van der Waals surface area contributed by atoms with Crippen molar-refractivity contribution in [2.75, 3.05) is 11.1 Å². The number of thioether (sulfide) groups is 1. The van der Waals surface area contributed by atoms with Gasteiger partial charge in [-0.25, -0.2) is 0 Å². The Hall–Kier alpha value is -1.95. The van der Waals surface area contributed by atoms with Crippen LogP contribution in [0, 0.1) is 0 Å². The Bertz CT molecular complexity index is 738. The predicted octanol–water partition coefficient (Wildman–Crippen LogP) is 4.34. The maximum atomic E-state index is 12.5. The van der Waals surface area contributed by atoms with E-state index in [9.17, 15) is 4.79 Å². The number of carbonyl (C=O) groups is 1. The fraction of sp³-hybridized carbons (Fsp3) is 0.474. The number of rotatable bonds is 3. The van der Waals surface area contributed by atoms with Crippen molar-refractivity contribution in [2.24, 2.45) is 0 Å². The number of amides is 1. The van der Waals surface area contributed by atoms with Crippen LogP contribution in [-0.4, -0.2) is 28.0 Å². The average Bonchev–Trinajstić information content (AvgIpc) is 2.93. The molecule has 1 amide bonds. The van der Waals surface area contributed by atoms with Crippen molar-refractivity contribution in [3.8, 4) is 5.75 Å². The summed E-state index contributed by atoms with van der Waals surface area (Å²) in [7, 11) is 0. The first-order chi connectivity index (χ1) is 12.3. The Kier molecular flexibility index (Phi) is 4.97. The number of H-pyrrole nitrogens is 1. The number of hydrogen-bond acceptors (Lipinski definition) is 4. The van der Waals surface area contributed by atoms with Gasteiger partial charge >= 0.3 is 0 Å². The lowest BCUT2D eigenvalue weighted by Crippen LogP contribution is -2.36. The summed E-state index contributed by atoms with van der Waals surface area (Å²) in [5.41, 5.74) is 1.14. The highest BCUT2D eigenvalue weighted by molar-refractivity contribution is 7.99. The molecule has 2 heterocycles. The number of aromatic nitrogens is 2. The van der Waals surface area contributed by atoms with Gasteiger partial charge in [0, 0.05) is 28.3 Å². The van der Waals surface area contributed by atoms with Crippen LogP contribution in [-0.2, 0) is 4.79 Å². The maximum Gasteiger partial charge on any atom is 0.267 e. The van der Waals surface area contributed by atoms with E-state index in [1.807, 2.05) is 30.3 Å². The smallest absolute Gasteiger partial charge is 0.267 e. The average molecular weight is 357 g/mol. The van der Waals surface area contributed by atoms with Crippen LogP contribution in [0.3, 0.4) is 0 Å². The molecule has 1 atom stereocenters. The van der Waals surface area contributed by atoms with Gasteiger partial charge in [-0.15, -0.1) is 11.8 Å². The maximum absolute atomic E-state index is 12.5. The van der Waals surface area contributed by atoms with E-state index in [1.165, 1.54) is 38.5 Å². The number of para-hydroxylation sites is 1. The molecular weight excluding hydrogens is 334 g/mol. The first-order valence-electron chi connectivity index (χ1n) is 9.04. The number of hydrogen-bond donors (Lipinski definition) is 2. The van der Waals surface area contributed by atoms with E-state index in [0.717, 1.165) is 16.3 Å². The second kappa shape index (κ2) is 7.52. The second-order valence-corrected chi connectivity index (χ2v) is 7.81. The number of nitrogens with one attached hydrogen (secondary N) is 2. The van der Waals surface area contributed by atoms with Gasteiger partial charge in [0.05, 0.1) is 0 Å². The zero-order valence-electron chi connectivity index (χ0n) is 14.2. The van der Waals surface area contributed by atoms with Crippen LogP contribution in [0.25, 0.3) is 0 Å². The van der Waals surface area contributed by atoms with Gasteiger partial charge < -0.3 is 10.1 Å². The molecule has 2 aromatic rings. The van der Waals surface area contributed by atoms with Crippen molar-refractivity contribution in [3.63, 3.8) is 0 Å². The van der Waals surface area contributed by atoms with Crippen LogP contribution in [0.4, 0.5) is 5.82 Å². The molecular formula is C19H23N3O2S. The van der Waals surface area contributed by atoms with Crippen molar-refractivity contribution < 1.29 is 9.53 Å². The van der Waals surface area contributed by atoms with Crippen LogP contribution >= 0.6 is 11.8 Å². The summed E-state index contributed by atoms with van der Waals surface area (Å²) in [6.07, 6.45) is 7.12. The molecule has 4 rings (SSSR count). The molecule has 1 aliphatic heterocycles. The molecule has 0 saturated heterocycles. The van der Waals surface area contributed by atoms with Crippen molar-refractivity contribution in [3.05, 3.63) is 36.0 Å². The van der Waals surface area contributed by atoms with Crippen LogP contribution in [0.2, 0.25) is 0 Å². The molecule has 1 unspecified atom stereocenters. The minimum absolute atomic E-state index is 0.138.